The van der Waals surface area contributed by atoms with Crippen LogP contribution in [0.5, 0.6) is 11.5 Å². The number of aromatic nitrogens is 2. The minimum Gasteiger partial charge on any atom is -0.496 e. The SMILES string of the molecule is COc1cc(-c2ncc(-c3ccc(S(=O)(=O)O)cc3)o2)c(OC)cc1-c1ncc(-c2ccc(S(=O)(=O)O)cc2)o1. The van der Waals surface area contributed by atoms with E-state index < -0.39 is 20.2 Å². The first-order chi connectivity index (χ1) is 19.0. The van der Waals surface area contributed by atoms with E-state index in [1.54, 1.807) is 12.1 Å². The molecular weight excluding hydrogens is 564 g/mol. The molecule has 0 saturated carbocycles. The van der Waals surface area contributed by atoms with Crippen LogP contribution >= 0.6 is 0 Å². The summed E-state index contributed by atoms with van der Waals surface area (Å²) in [6.07, 6.45) is 2.93. The highest BCUT2D eigenvalue weighted by molar-refractivity contribution is 7.86. The van der Waals surface area contributed by atoms with Gasteiger partial charge in [-0.2, -0.15) is 16.8 Å². The van der Waals surface area contributed by atoms with Crippen molar-refractivity contribution in [2.75, 3.05) is 14.2 Å². The Labute approximate surface area is 228 Å². The number of nitrogens with zero attached hydrogens (tertiary/aromatic N) is 2. The van der Waals surface area contributed by atoms with E-state index in [0.717, 1.165) is 0 Å². The third-order valence-electron chi connectivity index (χ3n) is 5.87. The van der Waals surface area contributed by atoms with Gasteiger partial charge in [0.15, 0.2) is 11.5 Å². The van der Waals surface area contributed by atoms with E-state index in [-0.39, 0.29) is 21.6 Å². The maximum atomic E-state index is 11.3. The highest BCUT2D eigenvalue weighted by atomic mass is 32.2. The Morgan fingerprint density at radius 2 is 0.975 bits per heavy atom. The normalized spacial score (nSPS) is 11.9. The highest BCUT2D eigenvalue weighted by Gasteiger charge is 2.22. The first-order valence-electron chi connectivity index (χ1n) is 11.3. The van der Waals surface area contributed by atoms with Crippen LogP contribution in [-0.2, 0) is 20.2 Å². The smallest absolute Gasteiger partial charge is 0.294 e. The molecule has 0 fully saturated rings. The van der Waals surface area contributed by atoms with Gasteiger partial charge in [-0.15, -0.1) is 0 Å². The van der Waals surface area contributed by atoms with Crippen molar-refractivity contribution in [2.45, 2.75) is 9.79 Å². The van der Waals surface area contributed by atoms with Crippen molar-refractivity contribution in [2.24, 2.45) is 0 Å². The number of hydrogen-bond acceptors (Lipinski definition) is 10. The van der Waals surface area contributed by atoms with E-state index in [1.807, 2.05) is 0 Å². The highest BCUT2D eigenvalue weighted by Crippen LogP contribution is 2.41. The quantitative estimate of drug-likeness (QED) is 0.237. The summed E-state index contributed by atoms with van der Waals surface area (Å²) in [5, 5.41) is 0. The molecule has 40 heavy (non-hydrogen) atoms. The molecular formula is C26H20N2O10S2. The third-order valence-corrected chi connectivity index (χ3v) is 7.60. The van der Waals surface area contributed by atoms with Gasteiger partial charge in [-0.1, -0.05) is 0 Å². The lowest BCUT2D eigenvalue weighted by Gasteiger charge is -2.11. The van der Waals surface area contributed by atoms with Gasteiger partial charge in [-0.3, -0.25) is 9.11 Å². The van der Waals surface area contributed by atoms with Gasteiger partial charge in [0.1, 0.15) is 11.5 Å². The molecule has 2 aromatic heterocycles. The summed E-state index contributed by atoms with van der Waals surface area (Å²) < 4.78 is 86.5. The van der Waals surface area contributed by atoms with Crippen LogP contribution in [0.25, 0.3) is 45.6 Å². The molecule has 5 rings (SSSR count). The summed E-state index contributed by atoms with van der Waals surface area (Å²) in [4.78, 5) is 8.14. The van der Waals surface area contributed by atoms with Gasteiger partial charge in [0.25, 0.3) is 20.2 Å². The fraction of sp³-hybridized carbons (Fsp3) is 0.0769. The zero-order chi connectivity index (χ0) is 28.7. The van der Waals surface area contributed by atoms with E-state index in [9.17, 15) is 25.9 Å². The maximum Gasteiger partial charge on any atom is 0.294 e. The molecule has 12 nitrogen and oxygen atoms in total. The Bertz CT molecular complexity index is 1770. The lowest BCUT2D eigenvalue weighted by molar-refractivity contribution is 0.402. The van der Waals surface area contributed by atoms with Gasteiger partial charge >= 0.3 is 0 Å². The van der Waals surface area contributed by atoms with Gasteiger partial charge in [-0.25, -0.2) is 9.97 Å². The van der Waals surface area contributed by atoms with Crippen LogP contribution in [0.1, 0.15) is 0 Å². The Morgan fingerprint density at radius 3 is 1.27 bits per heavy atom. The predicted molar refractivity (Wildman–Crippen MR) is 141 cm³/mol. The van der Waals surface area contributed by atoms with Crippen LogP contribution in [0, 0.1) is 0 Å². The van der Waals surface area contributed by atoms with Crippen LogP contribution in [0.3, 0.4) is 0 Å². The second-order valence-corrected chi connectivity index (χ2v) is 11.2. The van der Waals surface area contributed by atoms with Crippen molar-refractivity contribution in [1.29, 1.82) is 0 Å². The van der Waals surface area contributed by atoms with Crippen LogP contribution in [0.4, 0.5) is 0 Å². The van der Waals surface area contributed by atoms with Crippen molar-refractivity contribution >= 4 is 20.2 Å². The lowest BCUT2D eigenvalue weighted by Crippen LogP contribution is -1.97. The van der Waals surface area contributed by atoms with Crippen molar-refractivity contribution in [1.82, 2.24) is 9.97 Å². The molecule has 0 aliphatic rings. The fourth-order valence-electron chi connectivity index (χ4n) is 3.88. The summed E-state index contributed by atoms with van der Waals surface area (Å²) in [7, 11) is -5.72. The largest absolute Gasteiger partial charge is 0.496 e. The van der Waals surface area contributed by atoms with Crippen LogP contribution < -0.4 is 9.47 Å². The Kier molecular flexibility index (Phi) is 6.93. The lowest BCUT2D eigenvalue weighted by atomic mass is 10.1. The number of rotatable bonds is 8. The molecule has 0 atom stereocenters. The van der Waals surface area contributed by atoms with Crippen molar-refractivity contribution in [3.05, 3.63) is 73.1 Å². The summed E-state index contributed by atoms with van der Waals surface area (Å²) >= 11 is 0. The zero-order valence-corrected chi connectivity index (χ0v) is 22.4. The molecule has 3 aromatic carbocycles. The number of oxazole rings is 2. The molecule has 14 heteroatoms. The first kappa shape index (κ1) is 27.1. The van der Waals surface area contributed by atoms with Crippen LogP contribution in [0.15, 0.2) is 91.7 Å². The second kappa shape index (κ2) is 10.2. The Balaban J connectivity index is 1.48. The Hall–Kier alpha value is -4.50. The standard InChI is InChI=1S/C26H20N2O10S2/c1-35-21-11-20(26-28-14-24(38-26)16-5-9-18(10-6-16)40(32,33)34)22(36-2)12-19(21)25-27-13-23(37-25)15-3-7-17(8-4-15)39(29,30)31/h3-14H,1-2H3,(H,29,30,31)(H,32,33,34). The summed E-state index contributed by atoms with van der Waals surface area (Å²) in [5.41, 5.74) is 1.98. The molecule has 0 aliphatic carbocycles. The summed E-state index contributed by atoms with van der Waals surface area (Å²) in [5.74, 6) is 1.81. The molecule has 0 unspecified atom stereocenters. The molecule has 2 heterocycles. The number of ether oxygens (including phenoxy) is 2. The average Bonchev–Trinajstić information content (AvgIpc) is 3.62. The minimum atomic E-state index is -4.33. The predicted octanol–water partition coefficient (Wildman–Crippen LogP) is 4.84. The molecule has 5 aromatic rings. The maximum absolute atomic E-state index is 11.3. The van der Waals surface area contributed by atoms with Crippen LogP contribution in [0.2, 0.25) is 0 Å². The zero-order valence-electron chi connectivity index (χ0n) is 20.8. The van der Waals surface area contributed by atoms with Crippen LogP contribution in [-0.4, -0.2) is 50.1 Å². The third kappa shape index (κ3) is 5.33. The van der Waals surface area contributed by atoms with E-state index in [4.69, 9.17) is 18.3 Å². The van der Waals surface area contributed by atoms with E-state index in [2.05, 4.69) is 9.97 Å². The van der Waals surface area contributed by atoms with Gasteiger partial charge in [0.05, 0.1) is 47.5 Å². The van der Waals surface area contributed by atoms with E-state index in [1.165, 1.54) is 75.1 Å². The monoisotopic (exact) mass is 584 g/mol. The van der Waals surface area contributed by atoms with Gasteiger partial charge in [0.2, 0.25) is 11.8 Å². The topological polar surface area (TPSA) is 179 Å². The second-order valence-electron chi connectivity index (χ2n) is 8.31. The van der Waals surface area contributed by atoms with Crippen molar-refractivity contribution < 1.29 is 44.2 Å². The molecule has 2 N–H and O–H groups in total. The number of benzene rings is 3. The summed E-state index contributed by atoms with van der Waals surface area (Å²) in [6.45, 7) is 0. The molecule has 0 radical (unpaired) electrons. The van der Waals surface area contributed by atoms with Crippen molar-refractivity contribution in [3.63, 3.8) is 0 Å². The van der Waals surface area contributed by atoms with Crippen molar-refractivity contribution in [3.8, 4) is 57.1 Å². The first-order valence-corrected chi connectivity index (χ1v) is 14.2. The number of methoxy groups -OCH3 is 2. The Morgan fingerprint density at radius 1 is 0.625 bits per heavy atom. The molecule has 0 amide bonds. The average molecular weight is 585 g/mol. The van der Waals surface area contributed by atoms with E-state index >= 15 is 0 Å². The molecule has 0 aliphatic heterocycles. The number of hydrogen-bond donors (Lipinski definition) is 2. The molecule has 206 valence electrons. The van der Waals surface area contributed by atoms with Gasteiger partial charge < -0.3 is 18.3 Å². The summed E-state index contributed by atoms with van der Waals surface area (Å²) in [6, 6.07) is 14.2. The molecule has 0 bridgehead atoms. The van der Waals surface area contributed by atoms with Gasteiger partial charge in [-0.05, 0) is 60.7 Å². The minimum absolute atomic E-state index is 0.197. The van der Waals surface area contributed by atoms with Gasteiger partial charge in [0, 0.05) is 11.1 Å². The fourth-order valence-corrected chi connectivity index (χ4v) is 4.84. The molecule has 0 saturated heterocycles. The molecule has 0 spiro atoms. The van der Waals surface area contributed by atoms with E-state index in [0.29, 0.717) is 45.3 Å².